The number of nitrogens with one attached hydrogen (secondary N) is 1. The molecule has 0 saturated heterocycles. The second kappa shape index (κ2) is 5.02. The molecule has 0 saturated carbocycles. The van der Waals surface area contributed by atoms with Gasteiger partial charge in [-0.25, -0.2) is 0 Å². The maximum Gasteiger partial charge on any atom is 0.138 e. The average Bonchev–Trinajstić information content (AvgIpc) is 2.88. The van der Waals surface area contributed by atoms with Crippen LogP contribution in [0.15, 0.2) is 21.3 Å². The van der Waals surface area contributed by atoms with E-state index in [4.69, 9.17) is 4.52 Å². The third-order valence-electron chi connectivity index (χ3n) is 3.06. The number of hydrogen-bond donors (Lipinski definition) is 1. The minimum Gasteiger partial charge on any atom is -0.361 e. The Morgan fingerprint density at radius 2 is 2.06 bits per heavy atom. The average molecular weight is 250 g/mol. The van der Waals surface area contributed by atoms with Crippen LogP contribution in [0.2, 0.25) is 0 Å². The Morgan fingerprint density at radius 1 is 1.29 bits per heavy atom. The molecule has 0 aliphatic heterocycles. The summed E-state index contributed by atoms with van der Waals surface area (Å²) in [5.74, 6) is 0.903. The smallest absolute Gasteiger partial charge is 0.138 e. The van der Waals surface area contributed by atoms with Gasteiger partial charge in [0.05, 0.1) is 5.69 Å². The molecular weight excluding hydrogens is 232 g/mol. The van der Waals surface area contributed by atoms with Gasteiger partial charge in [-0.15, -0.1) is 0 Å². The van der Waals surface area contributed by atoms with Gasteiger partial charge in [-0.05, 0) is 50.1 Å². The van der Waals surface area contributed by atoms with Gasteiger partial charge < -0.3 is 9.84 Å². The fraction of sp³-hybridized carbons (Fsp3) is 0.462. The highest BCUT2D eigenvalue weighted by molar-refractivity contribution is 7.07. The van der Waals surface area contributed by atoms with Crippen LogP contribution in [-0.2, 0) is 0 Å². The van der Waals surface area contributed by atoms with Gasteiger partial charge in [-0.2, -0.15) is 11.3 Å². The highest BCUT2D eigenvalue weighted by Crippen LogP contribution is 2.25. The van der Waals surface area contributed by atoms with Gasteiger partial charge in [-0.3, -0.25) is 0 Å². The maximum absolute atomic E-state index is 5.20. The van der Waals surface area contributed by atoms with Crippen molar-refractivity contribution >= 4 is 11.3 Å². The van der Waals surface area contributed by atoms with Crippen LogP contribution in [0.3, 0.4) is 0 Å². The minimum absolute atomic E-state index is 0.246. The Labute approximate surface area is 106 Å². The van der Waals surface area contributed by atoms with Crippen LogP contribution in [0.1, 0.15) is 48.5 Å². The molecule has 3 nitrogen and oxygen atoms in total. The summed E-state index contributed by atoms with van der Waals surface area (Å²) < 4.78 is 5.20. The number of aromatic nitrogens is 1. The first-order valence-corrected chi connectivity index (χ1v) is 6.74. The van der Waals surface area contributed by atoms with Gasteiger partial charge in [0.15, 0.2) is 0 Å². The largest absolute Gasteiger partial charge is 0.361 e. The molecule has 0 fully saturated rings. The second-order valence-corrected chi connectivity index (χ2v) is 5.18. The van der Waals surface area contributed by atoms with E-state index in [2.05, 4.69) is 41.1 Å². The Hall–Kier alpha value is -1.13. The van der Waals surface area contributed by atoms with Gasteiger partial charge in [0.2, 0.25) is 0 Å². The molecule has 4 heteroatoms. The van der Waals surface area contributed by atoms with Crippen molar-refractivity contribution in [3.63, 3.8) is 0 Å². The molecule has 0 aliphatic carbocycles. The van der Waals surface area contributed by atoms with Gasteiger partial charge in [-0.1, -0.05) is 5.16 Å². The number of thiophene rings is 1. The van der Waals surface area contributed by atoms with Crippen molar-refractivity contribution in [2.75, 3.05) is 0 Å². The van der Waals surface area contributed by atoms with E-state index in [0.29, 0.717) is 6.04 Å². The van der Waals surface area contributed by atoms with Gasteiger partial charge in [0, 0.05) is 17.6 Å². The molecule has 2 heterocycles. The Bertz CT molecular complexity index is 456. The maximum atomic E-state index is 5.20. The lowest BCUT2D eigenvalue weighted by atomic mass is 10.0. The third kappa shape index (κ3) is 2.58. The molecule has 2 aromatic rings. The zero-order valence-corrected chi connectivity index (χ0v) is 11.5. The molecule has 0 bridgehead atoms. The summed E-state index contributed by atoms with van der Waals surface area (Å²) in [6.45, 7) is 8.27. The van der Waals surface area contributed by atoms with Crippen LogP contribution in [0.5, 0.6) is 0 Å². The van der Waals surface area contributed by atoms with E-state index in [1.807, 2.05) is 13.8 Å². The van der Waals surface area contributed by atoms with Crippen molar-refractivity contribution in [2.24, 2.45) is 0 Å². The third-order valence-corrected chi connectivity index (χ3v) is 3.77. The highest BCUT2D eigenvalue weighted by Gasteiger charge is 2.18. The summed E-state index contributed by atoms with van der Waals surface area (Å²) in [7, 11) is 0. The van der Waals surface area contributed by atoms with Crippen LogP contribution in [0.25, 0.3) is 0 Å². The fourth-order valence-corrected chi connectivity index (χ4v) is 2.94. The quantitative estimate of drug-likeness (QED) is 0.897. The summed E-state index contributed by atoms with van der Waals surface area (Å²) in [6, 6.07) is 2.74. The molecule has 0 aliphatic rings. The van der Waals surface area contributed by atoms with Crippen molar-refractivity contribution in [3.05, 3.63) is 39.4 Å². The van der Waals surface area contributed by atoms with Gasteiger partial charge in [0.25, 0.3) is 0 Å². The van der Waals surface area contributed by atoms with E-state index < -0.39 is 0 Å². The van der Waals surface area contributed by atoms with Crippen LogP contribution >= 0.6 is 11.3 Å². The standard InChI is InChI=1S/C13H18N2OS/c1-8(12-5-6-17-7-12)14-9(2)13-10(3)15-16-11(13)4/h5-9,14H,1-4H3. The lowest BCUT2D eigenvalue weighted by Crippen LogP contribution is -2.22. The monoisotopic (exact) mass is 250 g/mol. The predicted molar refractivity (Wildman–Crippen MR) is 70.3 cm³/mol. The van der Waals surface area contributed by atoms with Crippen LogP contribution in [0.4, 0.5) is 0 Å². The van der Waals surface area contributed by atoms with Crippen molar-refractivity contribution in [1.82, 2.24) is 10.5 Å². The molecule has 0 amide bonds. The molecule has 0 spiro atoms. The number of hydrogen-bond acceptors (Lipinski definition) is 4. The topological polar surface area (TPSA) is 38.1 Å². The Morgan fingerprint density at radius 3 is 2.59 bits per heavy atom. The number of nitrogens with zero attached hydrogens (tertiary/aromatic N) is 1. The van der Waals surface area contributed by atoms with Crippen LogP contribution < -0.4 is 5.32 Å². The summed E-state index contributed by atoms with van der Waals surface area (Å²) in [4.78, 5) is 0. The van der Waals surface area contributed by atoms with Crippen molar-refractivity contribution in [1.29, 1.82) is 0 Å². The molecule has 2 atom stereocenters. The van der Waals surface area contributed by atoms with E-state index in [1.54, 1.807) is 11.3 Å². The highest BCUT2D eigenvalue weighted by atomic mass is 32.1. The molecule has 2 rings (SSSR count). The molecule has 0 radical (unpaired) electrons. The molecule has 92 valence electrons. The second-order valence-electron chi connectivity index (χ2n) is 4.40. The zero-order chi connectivity index (χ0) is 12.4. The molecule has 1 N–H and O–H groups in total. The first-order chi connectivity index (χ1) is 8.09. The normalized spacial score (nSPS) is 14.8. The van der Waals surface area contributed by atoms with Gasteiger partial charge >= 0.3 is 0 Å². The van der Waals surface area contributed by atoms with E-state index in [1.165, 1.54) is 11.1 Å². The minimum atomic E-state index is 0.246. The van der Waals surface area contributed by atoms with Crippen LogP contribution in [-0.4, -0.2) is 5.16 Å². The predicted octanol–water partition coefficient (Wildman–Crippen LogP) is 3.76. The van der Waals surface area contributed by atoms with E-state index in [-0.39, 0.29) is 6.04 Å². The molecular formula is C13H18N2OS. The molecule has 0 aromatic carbocycles. The van der Waals surface area contributed by atoms with Crippen molar-refractivity contribution < 1.29 is 4.52 Å². The first-order valence-electron chi connectivity index (χ1n) is 5.80. The summed E-state index contributed by atoms with van der Waals surface area (Å²) in [5, 5.41) is 11.9. The van der Waals surface area contributed by atoms with Crippen molar-refractivity contribution in [3.8, 4) is 0 Å². The molecule has 2 aromatic heterocycles. The molecule has 17 heavy (non-hydrogen) atoms. The SMILES string of the molecule is Cc1noc(C)c1C(C)NC(C)c1ccsc1. The summed E-state index contributed by atoms with van der Waals surface area (Å²) in [5.41, 5.74) is 3.47. The summed E-state index contributed by atoms with van der Waals surface area (Å²) >= 11 is 1.73. The fourth-order valence-electron chi connectivity index (χ4n) is 2.18. The van der Waals surface area contributed by atoms with Crippen molar-refractivity contribution in [2.45, 2.75) is 39.8 Å². The zero-order valence-electron chi connectivity index (χ0n) is 10.7. The Kier molecular flexibility index (Phi) is 3.64. The lowest BCUT2D eigenvalue weighted by molar-refractivity contribution is 0.389. The van der Waals surface area contributed by atoms with Crippen LogP contribution in [0, 0.1) is 13.8 Å². The Balaban J connectivity index is 2.09. The van der Waals surface area contributed by atoms with E-state index >= 15 is 0 Å². The van der Waals surface area contributed by atoms with E-state index in [9.17, 15) is 0 Å². The first kappa shape index (κ1) is 12.3. The van der Waals surface area contributed by atoms with Gasteiger partial charge in [0.1, 0.15) is 5.76 Å². The number of rotatable bonds is 4. The number of aryl methyl sites for hydroxylation is 2. The van der Waals surface area contributed by atoms with E-state index in [0.717, 1.165) is 11.5 Å². The molecule has 2 unspecified atom stereocenters. The summed E-state index contributed by atoms with van der Waals surface area (Å²) in [6.07, 6.45) is 0. The lowest BCUT2D eigenvalue weighted by Gasteiger charge is -2.19.